The molecule has 2 N–H and O–H groups in total. The predicted octanol–water partition coefficient (Wildman–Crippen LogP) is 4.78. The Balaban J connectivity index is 2.19. The zero-order valence-corrected chi connectivity index (χ0v) is 19.5. The number of pyridine rings is 1. The highest BCUT2D eigenvalue weighted by atomic mass is 16.5. The van der Waals surface area contributed by atoms with Crippen LogP contribution in [0.15, 0.2) is 29.6 Å². The second kappa shape index (κ2) is 12.8. The Morgan fingerprint density at radius 2 is 1.66 bits per heavy atom. The maximum absolute atomic E-state index is 13.1. The minimum absolute atomic E-state index is 0.184. The number of amides is 1. The number of carbonyl (C=O) groups is 1. The first-order chi connectivity index (χ1) is 15.5. The van der Waals surface area contributed by atoms with Crippen molar-refractivity contribution in [3.8, 4) is 17.2 Å². The molecule has 1 aromatic carbocycles. The number of allylic oxidation sites excluding steroid dienone is 1. The molecular weight excluding hydrogens is 408 g/mol. The van der Waals surface area contributed by atoms with Crippen LogP contribution in [-0.2, 0) is 6.54 Å². The van der Waals surface area contributed by atoms with Gasteiger partial charge < -0.3 is 24.5 Å². The van der Waals surface area contributed by atoms with E-state index in [1.165, 1.54) is 50.9 Å². The molecule has 1 amide bonds. The first kappa shape index (κ1) is 25.3. The van der Waals surface area contributed by atoms with E-state index >= 15 is 0 Å². The monoisotopic (exact) mass is 444 g/mol. The number of nitrogens with zero attached hydrogens (tertiary/aromatic N) is 1. The molecular formula is C25H36N2O5. The number of hydrogen-bond acceptors (Lipinski definition) is 5. The number of fused-ring (bicyclic) bond motifs is 1. The minimum Gasteiger partial charge on any atom is -0.506 e. The molecule has 7 heteroatoms. The van der Waals surface area contributed by atoms with E-state index in [4.69, 9.17) is 9.47 Å². The van der Waals surface area contributed by atoms with Gasteiger partial charge in [0.25, 0.3) is 11.5 Å². The smallest absolute Gasteiger partial charge is 0.268 e. The second-order valence-corrected chi connectivity index (χ2v) is 7.88. The van der Waals surface area contributed by atoms with Crippen LogP contribution in [0, 0.1) is 0 Å². The number of carbonyl (C=O) groups excluding carboxylic acids is 1. The molecule has 0 atom stereocenters. The van der Waals surface area contributed by atoms with E-state index in [2.05, 4.69) is 18.8 Å². The summed E-state index contributed by atoms with van der Waals surface area (Å²) in [5.41, 5.74) is -0.411. The van der Waals surface area contributed by atoms with E-state index in [0.29, 0.717) is 28.9 Å². The van der Waals surface area contributed by atoms with Gasteiger partial charge in [-0.1, -0.05) is 57.9 Å². The molecule has 0 unspecified atom stereocenters. The zero-order valence-electron chi connectivity index (χ0n) is 19.5. The van der Waals surface area contributed by atoms with E-state index in [0.717, 1.165) is 19.3 Å². The van der Waals surface area contributed by atoms with Gasteiger partial charge in [-0.2, -0.15) is 0 Å². The molecule has 32 heavy (non-hydrogen) atoms. The number of aromatic nitrogens is 1. The van der Waals surface area contributed by atoms with Crippen molar-refractivity contribution in [2.45, 2.75) is 64.8 Å². The molecule has 2 rings (SSSR count). The Morgan fingerprint density at radius 1 is 1.06 bits per heavy atom. The summed E-state index contributed by atoms with van der Waals surface area (Å²) in [5.74, 6) is -0.127. The molecule has 0 aliphatic rings. The molecule has 0 fully saturated rings. The summed E-state index contributed by atoms with van der Waals surface area (Å²) >= 11 is 0. The molecule has 176 valence electrons. The average Bonchev–Trinajstić information content (AvgIpc) is 2.79. The highest BCUT2D eigenvalue weighted by Gasteiger charge is 2.23. The number of rotatable bonds is 14. The van der Waals surface area contributed by atoms with E-state index in [1.54, 1.807) is 18.2 Å². The molecule has 0 saturated heterocycles. The summed E-state index contributed by atoms with van der Waals surface area (Å²) in [4.78, 5) is 25.9. The maximum Gasteiger partial charge on any atom is 0.268 e. The summed E-state index contributed by atoms with van der Waals surface area (Å²) in [7, 11) is 2.98. The molecule has 0 saturated carbocycles. The van der Waals surface area contributed by atoms with Crippen molar-refractivity contribution in [1.82, 2.24) is 9.88 Å². The minimum atomic E-state index is -0.579. The quantitative estimate of drug-likeness (QED) is 0.323. The van der Waals surface area contributed by atoms with Crippen molar-refractivity contribution in [2.75, 3.05) is 20.8 Å². The fourth-order valence-electron chi connectivity index (χ4n) is 3.83. The summed E-state index contributed by atoms with van der Waals surface area (Å²) in [6.45, 7) is 6.54. The van der Waals surface area contributed by atoms with E-state index in [-0.39, 0.29) is 17.9 Å². The van der Waals surface area contributed by atoms with Crippen LogP contribution in [0.4, 0.5) is 0 Å². The Bertz CT molecular complexity index is 981. The fraction of sp³-hybridized carbons (Fsp3) is 0.520. The lowest BCUT2D eigenvalue weighted by atomic mass is 10.1. The van der Waals surface area contributed by atoms with Crippen LogP contribution in [0.3, 0.4) is 0 Å². The van der Waals surface area contributed by atoms with Crippen LogP contribution in [-0.4, -0.2) is 36.3 Å². The molecule has 0 aliphatic carbocycles. The average molecular weight is 445 g/mol. The van der Waals surface area contributed by atoms with Crippen molar-refractivity contribution in [1.29, 1.82) is 0 Å². The number of ether oxygens (including phenoxy) is 2. The van der Waals surface area contributed by atoms with Gasteiger partial charge in [-0.3, -0.25) is 9.59 Å². The van der Waals surface area contributed by atoms with Crippen molar-refractivity contribution >= 4 is 16.8 Å². The van der Waals surface area contributed by atoms with Crippen molar-refractivity contribution in [2.24, 2.45) is 0 Å². The SMILES string of the molecule is C=CCn1c(=O)c(C(=O)NCCCCCCCCCC)c(O)c2cc(OC)c(OC)cc21. The lowest BCUT2D eigenvalue weighted by Gasteiger charge is -2.16. The van der Waals surface area contributed by atoms with Gasteiger partial charge in [-0.15, -0.1) is 6.58 Å². The normalized spacial score (nSPS) is 10.8. The number of aromatic hydroxyl groups is 1. The van der Waals surface area contributed by atoms with Gasteiger partial charge in [0.2, 0.25) is 0 Å². The Labute approximate surface area is 190 Å². The fourth-order valence-corrected chi connectivity index (χ4v) is 3.83. The molecule has 2 aromatic rings. The van der Waals surface area contributed by atoms with Crippen LogP contribution >= 0.6 is 0 Å². The lowest BCUT2D eigenvalue weighted by Crippen LogP contribution is -2.33. The van der Waals surface area contributed by atoms with Gasteiger partial charge in [0.15, 0.2) is 11.5 Å². The van der Waals surface area contributed by atoms with Crippen molar-refractivity contribution in [3.05, 3.63) is 40.7 Å². The summed E-state index contributed by atoms with van der Waals surface area (Å²) < 4.78 is 12.0. The van der Waals surface area contributed by atoms with Gasteiger partial charge >= 0.3 is 0 Å². The largest absolute Gasteiger partial charge is 0.506 e. The number of nitrogens with one attached hydrogen (secondary N) is 1. The molecule has 1 heterocycles. The second-order valence-electron chi connectivity index (χ2n) is 7.88. The Hall–Kier alpha value is -2.96. The Kier molecular flexibility index (Phi) is 10.1. The summed E-state index contributed by atoms with van der Waals surface area (Å²) in [6.07, 6.45) is 10.8. The van der Waals surface area contributed by atoms with Crippen LogP contribution in [0.1, 0.15) is 68.6 Å². The zero-order chi connectivity index (χ0) is 23.5. The molecule has 7 nitrogen and oxygen atoms in total. The molecule has 0 radical (unpaired) electrons. The Morgan fingerprint density at radius 3 is 2.25 bits per heavy atom. The van der Waals surface area contributed by atoms with Crippen LogP contribution in [0.2, 0.25) is 0 Å². The molecule has 0 spiro atoms. The third kappa shape index (κ3) is 6.05. The van der Waals surface area contributed by atoms with Gasteiger partial charge in [-0.25, -0.2) is 0 Å². The number of hydrogen-bond donors (Lipinski definition) is 2. The number of unbranched alkanes of at least 4 members (excludes halogenated alkanes) is 7. The van der Waals surface area contributed by atoms with Gasteiger partial charge in [0.1, 0.15) is 11.3 Å². The topological polar surface area (TPSA) is 89.8 Å². The third-order valence-corrected chi connectivity index (χ3v) is 5.60. The first-order valence-corrected chi connectivity index (χ1v) is 11.4. The van der Waals surface area contributed by atoms with Crippen molar-refractivity contribution in [3.63, 3.8) is 0 Å². The summed E-state index contributed by atoms with van der Waals surface area (Å²) in [6, 6.07) is 3.18. The van der Waals surface area contributed by atoms with Crippen LogP contribution < -0.4 is 20.3 Å². The first-order valence-electron chi connectivity index (χ1n) is 11.4. The number of benzene rings is 1. The van der Waals surface area contributed by atoms with E-state index in [1.807, 2.05) is 0 Å². The van der Waals surface area contributed by atoms with E-state index < -0.39 is 11.5 Å². The van der Waals surface area contributed by atoms with Gasteiger partial charge in [0.05, 0.1) is 19.7 Å². The highest BCUT2D eigenvalue weighted by molar-refractivity contribution is 6.03. The molecule has 1 aromatic heterocycles. The molecule has 0 bridgehead atoms. The number of methoxy groups -OCH3 is 2. The van der Waals surface area contributed by atoms with Crippen LogP contribution in [0.25, 0.3) is 10.9 Å². The maximum atomic E-state index is 13.1. The highest BCUT2D eigenvalue weighted by Crippen LogP contribution is 2.36. The van der Waals surface area contributed by atoms with Crippen LogP contribution in [0.5, 0.6) is 17.2 Å². The van der Waals surface area contributed by atoms with E-state index in [9.17, 15) is 14.7 Å². The van der Waals surface area contributed by atoms with Gasteiger partial charge in [0, 0.05) is 24.5 Å². The standard InChI is InChI=1S/C25H36N2O5/c1-5-7-8-9-10-11-12-13-14-26-24(29)22-23(28)18-16-20(31-3)21(32-4)17-19(18)27(15-6-2)25(22)30/h6,16-17,28H,2,5,7-15H2,1,3-4H3,(H,26,29). The lowest BCUT2D eigenvalue weighted by molar-refractivity contribution is 0.0948. The molecule has 0 aliphatic heterocycles. The summed E-state index contributed by atoms with van der Waals surface area (Å²) in [5, 5.41) is 13.9. The van der Waals surface area contributed by atoms with Gasteiger partial charge in [-0.05, 0) is 12.5 Å². The third-order valence-electron chi connectivity index (χ3n) is 5.60. The van der Waals surface area contributed by atoms with Crippen molar-refractivity contribution < 1.29 is 19.4 Å². The predicted molar refractivity (Wildman–Crippen MR) is 128 cm³/mol.